The maximum absolute atomic E-state index is 14.3. The molecule has 1 fully saturated rings. The number of benzene rings is 3. The molecule has 0 aliphatic carbocycles. The number of alkyl halides is 3. The maximum atomic E-state index is 14.3. The fourth-order valence-electron chi connectivity index (χ4n) is 6.51. The summed E-state index contributed by atoms with van der Waals surface area (Å²) in [7, 11) is 0. The van der Waals surface area contributed by atoms with Crippen LogP contribution in [0.4, 0.5) is 13.2 Å². The number of hydrogen-bond acceptors (Lipinski definition) is 4. The van der Waals surface area contributed by atoms with Crippen LogP contribution >= 0.6 is 0 Å². The minimum atomic E-state index is -4.51. The van der Waals surface area contributed by atoms with Gasteiger partial charge in [0.05, 0.1) is 24.5 Å². The third kappa shape index (κ3) is 4.96. The first-order valence-corrected chi connectivity index (χ1v) is 14.8. The van der Waals surface area contributed by atoms with Crippen LogP contribution in [0.5, 0.6) is 11.5 Å². The number of aromatic nitrogens is 1. The Bertz CT molecular complexity index is 1730. The number of amides is 2. The summed E-state index contributed by atoms with van der Waals surface area (Å²) in [6.45, 7) is 6.56. The number of piperazine rings is 1. The molecule has 3 aromatic carbocycles. The van der Waals surface area contributed by atoms with Crippen molar-refractivity contribution in [1.29, 1.82) is 0 Å². The van der Waals surface area contributed by atoms with Crippen molar-refractivity contribution in [3.8, 4) is 11.5 Å². The zero-order valence-electron chi connectivity index (χ0n) is 24.8. The number of rotatable bonds is 8. The molecule has 4 aromatic rings. The first-order chi connectivity index (χ1) is 21.1. The van der Waals surface area contributed by atoms with Gasteiger partial charge in [0, 0.05) is 29.9 Å². The number of carbonyl (C=O) groups is 2. The van der Waals surface area contributed by atoms with Gasteiger partial charge in [-0.3, -0.25) is 9.59 Å². The van der Waals surface area contributed by atoms with Gasteiger partial charge in [-0.2, -0.15) is 13.2 Å². The van der Waals surface area contributed by atoms with Gasteiger partial charge in [-0.1, -0.05) is 43.3 Å². The van der Waals surface area contributed by atoms with Crippen molar-refractivity contribution < 1.29 is 32.2 Å². The molecule has 10 heteroatoms. The number of nitrogens with one attached hydrogen (secondary N) is 1. The van der Waals surface area contributed by atoms with Crippen LogP contribution < -0.4 is 9.47 Å². The minimum Gasteiger partial charge on any atom is -0.490 e. The molecule has 7 nitrogen and oxygen atoms in total. The van der Waals surface area contributed by atoms with Gasteiger partial charge in [0.2, 0.25) is 5.91 Å². The van der Waals surface area contributed by atoms with Crippen LogP contribution in [-0.2, 0) is 27.8 Å². The quantitative estimate of drug-likeness (QED) is 0.246. The first-order valence-electron chi connectivity index (χ1n) is 14.8. The highest BCUT2D eigenvalue weighted by atomic mass is 19.4. The lowest BCUT2D eigenvalue weighted by molar-refractivity contribution is -0.167. The van der Waals surface area contributed by atoms with Crippen molar-refractivity contribution >= 4 is 22.7 Å². The largest absolute Gasteiger partial charge is 0.490 e. The van der Waals surface area contributed by atoms with Gasteiger partial charge in [-0.25, -0.2) is 0 Å². The van der Waals surface area contributed by atoms with Gasteiger partial charge in [0.1, 0.15) is 6.54 Å². The van der Waals surface area contributed by atoms with E-state index in [9.17, 15) is 22.8 Å². The van der Waals surface area contributed by atoms with E-state index in [0.29, 0.717) is 36.0 Å². The zero-order valence-corrected chi connectivity index (χ0v) is 24.8. The molecule has 2 atom stereocenters. The van der Waals surface area contributed by atoms with Gasteiger partial charge >= 0.3 is 6.18 Å². The smallest absolute Gasteiger partial charge is 0.416 e. The molecule has 230 valence electrons. The Morgan fingerprint density at radius 1 is 0.977 bits per heavy atom. The van der Waals surface area contributed by atoms with Crippen molar-refractivity contribution in [3.63, 3.8) is 0 Å². The Hall–Kier alpha value is -4.47. The number of carbonyl (C=O) groups excluding carboxylic acids is 2. The summed E-state index contributed by atoms with van der Waals surface area (Å²) >= 11 is 0. The van der Waals surface area contributed by atoms with Crippen LogP contribution in [0.2, 0.25) is 0 Å². The molecule has 0 spiro atoms. The van der Waals surface area contributed by atoms with Crippen LogP contribution in [0.15, 0.2) is 66.7 Å². The van der Waals surface area contributed by atoms with Gasteiger partial charge < -0.3 is 24.3 Å². The molecule has 1 saturated heterocycles. The van der Waals surface area contributed by atoms with Gasteiger partial charge in [-0.15, -0.1) is 0 Å². The number of para-hydroxylation sites is 1. The van der Waals surface area contributed by atoms with E-state index in [-0.39, 0.29) is 37.4 Å². The van der Waals surface area contributed by atoms with Crippen LogP contribution in [0.25, 0.3) is 10.9 Å². The fraction of sp³-hybridized carbons (Fsp3) is 0.353. The molecule has 0 bridgehead atoms. The highest BCUT2D eigenvalue weighted by Gasteiger charge is 2.56. The van der Waals surface area contributed by atoms with Crippen molar-refractivity contribution in [2.75, 3.05) is 26.3 Å². The third-order valence-corrected chi connectivity index (χ3v) is 8.58. The predicted octanol–water partition coefficient (Wildman–Crippen LogP) is 6.61. The van der Waals surface area contributed by atoms with Crippen molar-refractivity contribution in [3.05, 3.63) is 94.7 Å². The van der Waals surface area contributed by atoms with Gasteiger partial charge in [-0.05, 0) is 67.3 Å². The van der Waals surface area contributed by atoms with Crippen LogP contribution in [0.1, 0.15) is 61.1 Å². The topological polar surface area (TPSA) is 74.9 Å². The molecule has 1 N–H and O–H groups in total. The SMILES string of the molecule is CCCOc1ccc([C@H]2CN3C(=O)CN(Cc4cccc(C(F)(F)F)c4)C(=O)[C@]3(C)c3[nH]c4ccccc4c32)cc1OCC. The number of hydrogen-bond donors (Lipinski definition) is 1. The Morgan fingerprint density at radius 3 is 2.52 bits per heavy atom. The van der Waals surface area contributed by atoms with Gasteiger partial charge in [0.15, 0.2) is 17.0 Å². The standard InChI is InChI=1S/C34H34F3N3O4/c1-4-15-44-27-14-13-22(17-28(27)43-5-2)25-19-40-29(41)20-39(18-21-9-8-10-23(16-21)34(35,36)37)32(42)33(40,3)31-30(25)24-11-6-7-12-26(24)38-31/h6-14,16-17,25,38H,4-5,15,18-20H2,1-3H3/t25-,33+/m1/s1. The van der Waals surface area contributed by atoms with E-state index in [0.717, 1.165) is 40.6 Å². The Morgan fingerprint density at radius 2 is 1.77 bits per heavy atom. The highest BCUT2D eigenvalue weighted by molar-refractivity contribution is 6.01. The van der Waals surface area contributed by atoms with E-state index >= 15 is 0 Å². The van der Waals surface area contributed by atoms with E-state index in [1.54, 1.807) is 11.8 Å². The van der Waals surface area contributed by atoms with Crippen molar-refractivity contribution in [2.24, 2.45) is 0 Å². The second kappa shape index (κ2) is 11.2. The molecule has 2 amide bonds. The summed E-state index contributed by atoms with van der Waals surface area (Å²) in [5.74, 6) is 0.356. The highest BCUT2D eigenvalue weighted by Crippen LogP contribution is 2.49. The molecule has 2 aliphatic rings. The normalized spacial score (nSPS) is 20.1. The minimum absolute atomic E-state index is 0.117. The fourth-order valence-corrected chi connectivity index (χ4v) is 6.51. The van der Waals surface area contributed by atoms with Crippen LogP contribution in [0.3, 0.4) is 0 Å². The van der Waals surface area contributed by atoms with E-state index in [1.165, 1.54) is 17.0 Å². The second-order valence-electron chi connectivity index (χ2n) is 11.4. The van der Waals surface area contributed by atoms with Crippen molar-refractivity contribution in [2.45, 2.75) is 51.4 Å². The van der Waals surface area contributed by atoms with Crippen LogP contribution in [0, 0.1) is 0 Å². The molecule has 0 saturated carbocycles. The Balaban J connectivity index is 1.44. The lowest BCUT2D eigenvalue weighted by Gasteiger charge is -2.51. The van der Waals surface area contributed by atoms with Crippen LogP contribution in [-0.4, -0.2) is 52.9 Å². The zero-order chi connectivity index (χ0) is 31.2. The number of ether oxygens (including phenoxy) is 2. The summed E-state index contributed by atoms with van der Waals surface area (Å²) in [6, 6.07) is 18.5. The average Bonchev–Trinajstić information content (AvgIpc) is 3.40. The summed E-state index contributed by atoms with van der Waals surface area (Å²) in [5.41, 5.74) is 1.38. The monoisotopic (exact) mass is 605 g/mol. The van der Waals surface area contributed by atoms with Crippen molar-refractivity contribution in [1.82, 2.24) is 14.8 Å². The number of halogens is 3. The number of H-pyrrole nitrogens is 1. The lowest BCUT2D eigenvalue weighted by Crippen LogP contribution is -2.67. The molecule has 1 aromatic heterocycles. The average molecular weight is 606 g/mol. The van der Waals surface area contributed by atoms with Gasteiger partial charge in [0.25, 0.3) is 5.91 Å². The first kappa shape index (κ1) is 29.6. The molecule has 3 heterocycles. The van der Waals surface area contributed by atoms with E-state index in [2.05, 4.69) is 4.98 Å². The summed E-state index contributed by atoms with van der Waals surface area (Å²) in [6.07, 6.45) is -3.66. The molecule has 44 heavy (non-hydrogen) atoms. The summed E-state index contributed by atoms with van der Waals surface area (Å²) in [5, 5.41) is 0.938. The summed E-state index contributed by atoms with van der Waals surface area (Å²) < 4.78 is 52.0. The second-order valence-corrected chi connectivity index (χ2v) is 11.4. The number of fused-ring (bicyclic) bond motifs is 5. The van der Waals surface area contributed by atoms with E-state index in [1.807, 2.05) is 56.3 Å². The lowest BCUT2D eigenvalue weighted by atomic mass is 9.76. The summed E-state index contributed by atoms with van der Waals surface area (Å²) in [4.78, 5) is 34.6. The van der Waals surface area contributed by atoms with E-state index in [4.69, 9.17) is 9.47 Å². The molecule has 2 aliphatic heterocycles. The molecule has 6 rings (SSSR count). The predicted molar refractivity (Wildman–Crippen MR) is 159 cm³/mol. The Labute approximate surface area is 253 Å². The number of aromatic amines is 1. The number of nitrogens with zero attached hydrogens (tertiary/aromatic N) is 2. The molecular formula is C34H34F3N3O4. The third-order valence-electron chi connectivity index (χ3n) is 8.58. The maximum Gasteiger partial charge on any atom is 0.416 e. The Kier molecular flexibility index (Phi) is 7.55. The molecule has 0 radical (unpaired) electrons. The van der Waals surface area contributed by atoms with E-state index < -0.39 is 17.3 Å². The molecular weight excluding hydrogens is 571 g/mol. The molecule has 0 unspecified atom stereocenters.